The molecule has 0 atom stereocenters. The fraction of sp³-hybridized carbons (Fsp3) is 0.429. The predicted molar refractivity (Wildman–Crippen MR) is 86.5 cm³/mol. The summed E-state index contributed by atoms with van der Waals surface area (Å²) in [5, 5.41) is 3.59. The number of nitrogens with two attached hydrogens (primary N) is 1. The minimum atomic E-state index is -0.0146. The van der Waals surface area contributed by atoms with Gasteiger partial charge in [0.2, 0.25) is 0 Å². The Balaban J connectivity index is 1.71. The van der Waals surface area contributed by atoms with Crippen LogP contribution in [0.2, 0.25) is 0 Å². The number of aromatic nitrogens is 1. The zero-order valence-electron chi connectivity index (χ0n) is 11.3. The number of fused-ring (bicyclic) bond motifs is 1. The lowest BCUT2D eigenvalue weighted by Crippen LogP contribution is -2.45. The van der Waals surface area contributed by atoms with Gasteiger partial charge in [-0.15, -0.1) is 0 Å². The van der Waals surface area contributed by atoms with Crippen LogP contribution in [0.15, 0.2) is 18.2 Å². The van der Waals surface area contributed by atoms with Gasteiger partial charge >= 0.3 is 0 Å². The van der Waals surface area contributed by atoms with E-state index in [2.05, 4.69) is 16.6 Å². The smallest absolute Gasteiger partial charge is 0.251 e. The maximum Gasteiger partial charge on any atom is 0.251 e. The van der Waals surface area contributed by atoms with Crippen LogP contribution in [0.25, 0.3) is 10.2 Å². The average Bonchev–Trinajstić information content (AvgIpc) is 2.76. The molecule has 0 aliphatic heterocycles. The molecule has 1 heterocycles. The van der Waals surface area contributed by atoms with Crippen molar-refractivity contribution in [1.82, 2.24) is 10.3 Å². The molecule has 0 bridgehead atoms. The second-order valence-electron chi connectivity index (χ2n) is 5.16. The number of anilines is 1. The number of nitrogens with one attached hydrogen (secondary N) is 1. The van der Waals surface area contributed by atoms with Crippen molar-refractivity contribution in [2.45, 2.75) is 24.0 Å². The lowest BCUT2D eigenvalue weighted by atomic mass is 9.84. The molecule has 6 heteroatoms. The highest BCUT2D eigenvalue weighted by Crippen LogP contribution is 2.42. The summed E-state index contributed by atoms with van der Waals surface area (Å²) >= 11 is 3.27. The van der Waals surface area contributed by atoms with Gasteiger partial charge in [-0.05, 0) is 37.3 Å². The molecule has 3 N–H and O–H groups in total. The predicted octanol–water partition coefficient (Wildman–Crippen LogP) is 2.89. The second kappa shape index (κ2) is 5.26. The first-order valence-electron chi connectivity index (χ1n) is 6.61. The van der Waals surface area contributed by atoms with E-state index in [1.54, 1.807) is 0 Å². The number of rotatable bonds is 4. The Labute approximate surface area is 126 Å². The quantitative estimate of drug-likeness (QED) is 0.911. The van der Waals surface area contributed by atoms with Crippen LogP contribution in [0.1, 0.15) is 29.6 Å². The number of thiazole rings is 1. The molecule has 1 fully saturated rings. The molecule has 20 heavy (non-hydrogen) atoms. The van der Waals surface area contributed by atoms with E-state index in [4.69, 9.17) is 5.73 Å². The number of thioether (sulfide) groups is 1. The van der Waals surface area contributed by atoms with Crippen molar-refractivity contribution in [3.05, 3.63) is 23.8 Å². The molecule has 1 aromatic carbocycles. The van der Waals surface area contributed by atoms with Crippen molar-refractivity contribution >= 4 is 44.4 Å². The third-order valence-corrected chi connectivity index (χ3v) is 6.20. The normalized spacial score (nSPS) is 16.9. The third-order valence-electron chi connectivity index (χ3n) is 3.94. The SMILES string of the molecule is CSC1(CNC(=O)c2ccc3nc(N)sc3c2)CCC1. The molecule has 1 aliphatic rings. The first-order valence-corrected chi connectivity index (χ1v) is 8.65. The molecule has 106 valence electrons. The van der Waals surface area contributed by atoms with Crippen molar-refractivity contribution in [2.24, 2.45) is 0 Å². The number of amides is 1. The summed E-state index contributed by atoms with van der Waals surface area (Å²) in [7, 11) is 0. The standard InChI is InChI=1S/C14H17N3OS2/c1-19-14(5-2-6-14)8-16-12(18)9-3-4-10-11(7-9)20-13(15)17-10/h3-4,7H,2,5-6,8H2,1H3,(H2,15,17)(H,16,18). The van der Waals surface area contributed by atoms with E-state index >= 15 is 0 Å². The molecule has 1 aliphatic carbocycles. The molecule has 1 aromatic heterocycles. The van der Waals surface area contributed by atoms with E-state index in [0.717, 1.165) is 16.8 Å². The van der Waals surface area contributed by atoms with Crippen molar-refractivity contribution in [3.8, 4) is 0 Å². The van der Waals surface area contributed by atoms with Crippen LogP contribution in [-0.2, 0) is 0 Å². The molecule has 1 saturated carbocycles. The lowest BCUT2D eigenvalue weighted by Gasteiger charge is -2.40. The Hall–Kier alpha value is -1.27. The zero-order valence-corrected chi connectivity index (χ0v) is 12.9. The minimum Gasteiger partial charge on any atom is -0.375 e. The fourth-order valence-electron chi connectivity index (χ4n) is 2.45. The Morgan fingerprint density at radius 2 is 2.35 bits per heavy atom. The van der Waals surface area contributed by atoms with Crippen molar-refractivity contribution in [3.63, 3.8) is 0 Å². The van der Waals surface area contributed by atoms with Crippen LogP contribution in [-0.4, -0.2) is 28.4 Å². The lowest BCUT2D eigenvalue weighted by molar-refractivity contribution is 0.0944. The van der Waals surface area contributed by atoms with Gasteiger partial charge in [0.05, 0.1) is 10.2 Å². The van der Waals surface area contributed by atoms with E-state index in [9.17, 15) is 4.79 Å². The topological polar surface area (TPSA) is 68.0 Å². The second-order valence-corrected chi connectivity index (χ2v) is 7.49. The Kier molecular flexibility index (Phi) is 3.60. The average molecular weight is 307 g/mol. The molecule has 0 radical (unpaired) electrons. The van der Waals surface area contributed by atoms with Gasteiger partial charge in [-0.3, -0.25) is 4.79 Å². The highest BCUT2D eigenvalue weighted by atomic mass is 32.2. The maximum atomic E-state index is 12.2. The number of benzene rings is 1. The monoisotopic (exact) mass is 307 g/mol. The molecule has 0 unspecified atom stereocenters. The van der Waals surface area contributed by atoms with Gasteiger partial charge in [-0.1, -0.05) is 17.8 Å². The summed E-state index contributed by atoms with van der Waals surface area (Å²) in [6, 6.07) is 5.53. The summed E-state index contributed by atoms with van der Waals surface area (Å²) in [4.78, 5) is 16.4. The Bertz CT molecular complexity index is 643. The van der Waals surface area contributed by atoms with Gasteiger partial charge in [0.25, 0.3) is 5.91 Å². The zero-order chi connectivity index (χ0) is 14.2. The van der Waals surface area contributed by atoms with Gasteiger partial charge in [0.1, 0.15) is 0 Å². The highest BCUT2D eigenvalue weighted by Gasteiger charge is 2.36. The Morgan fingerprint density at radius 3 is 3.00 bits per heavy atom. The number of carbonyl (C=O) groups is 1. The molecule has 2 aromatic rings. The first-order chi connectivity index (χ1) is 9.62. The van der Waals surface area contributed by atoms with E-state index < -0.39 is 0 Å². The first kappa shape index (κ1) is 13.7. The highest BCUT2D eigenvalue weighted by molar-refractivity contribution is 8.00. The molecule has 0 spiro atoms. The van der Waals surface area contributed by atoms with Crippen LogP contribution in [0.3, 0.4) is 0 Å². The van der Waals surface area contributed by atoms with Gasteiger partial charge in [0, 0.05) is 16.9 Å². The van der Waals surface area contributed by atoms with Gasteiger partial charge < -0.3 is 11.1 Å². The van der Waals surface area contributed by atoms with Gasteiger partial charge in [0.15, 0.2) is 5.13 Å². The molecule has 1 amide bonds. The largest absolute Gasteiger partial charge is 0.375 e. The summed E-state index contributed by atoms with van der Waals surface area (Å²) in [6.07, 6.45) is 5.78. The van der Waals surface area contributed by atoms with E-state index in [0.29, 0.717) is 10.7 Å². The van der Waals surface area contributed by atoms with Gasteiger partial charge in [-0.2, -0.15) is 11.8 Å². The number of hydrogen-bond donors (Lipinski definition) is 2. The van der Waals surface area contributed by atoms with Crippen LogP contribution in [0.5, 0.6) is 0 Å². The van der Waals surface area contributed by atoms with Crippen molar-refractivity contribution in [1.29, 1.82) is 0 Å². The number of nitrogen functional groups attached to an aromatic ring is 1. The summed E-state index contributed by atoms with van der Waals surface area (Å²) in [6.45, 7) is 0.746. The number of carbonyl (C=O) groups excluding carboxylic acids is 1. The minimum absolute atomic E-state index is 0.0146. The van der Waals surface area contributed by atoms with Gasteiger partial charge in [-0.25, -0.2) is 4.98 Å². The van der Waals surface area contributed by atoms with Crippen molar-refractivity contribution in [2.75, 3.05) is 18.5 Å². The maximum absolute atomic E-state index is 12.2. The summed E-state index contributed by atoms with van der Waals surface area (Å²) in [5.74, 6) is -0.0146. The molecule has 3 rings (SSSR count). The van der Waals surface area contributed by atoms with Crippen molar-refractivity contribution < 1.29 is 4.79 Å². The molecule has 4 nitrogen and oxygen atoms in total. The third kappa shape index (κ3) is 2.50. The van der Waals surface area contributed by atoms with E-state index in [1.165, 1.54) is 30.6 Å². The van der Waals surface area contributed by atoms with Crippen LogP contribution < -0.4 is 11.1 Å². The summed E-state index contributed by atoms with van der Waals surface area (Å²) < 4.78 is 1.22. The molecular formula is C14H17N3OS2. The Morgan fingerprint density at radius 1 is 1.55 bits per heavy atom. The van der Waals surface area contributed by atoms with E-state index in [-0.39, 0.29) is 10.7 Å². The fourth-order valence-corrected chi connectivity index (χ4v) is 4.14. The molecule has 0 saturated heterocycles. The van der Waals surface area contributed by atoms with E-state index in [1.807, 2.05) is 30.0 Å². The number of hydrogen-bond acceptors (Lipinski definition) is 5. The van der Waals surface area contributed by atoms with Crippen LogP contribution >= 0.6 is 23.1 Å². The van der Waals surface area contributed by atoms with Crippen LogP contribution in [0.4, 0.5) is 5.13 Å². The number of nitrogens with zero attached hydrogens (tertiary/aromatic N) is 1. The summed E-state index contributed by atoms with van der Waals surface area (Å²) in [5.41, 5.74) is 7.21. The molecular weight excluding hydrogens is 290 g/mol. The van der Waals surface area contributed by atoms with Crippen LogP contribution in [0, 0.1) is 0 Å².